The monoisotopic (exact) mass is 357 g/mol. The van der Waals surface area contributed by atoms with Gasteiger partial charge in [-0.2, -0.15) is 8.42 Å². The van der Waals surface area contributed by atoms with Gasteiger partial charge in [0.25, 0.3) is 0 Å². The molecule has 0 aliphatic carbocycles. The van der Waals surface area contributed by atoms with Crippen LogP contribution >= 0.6 is 11.6 Å². The summed E-state index contributed by atoms with van der Waals surface area (Å²) in [5.74, 6) is -0.343. The standard InChI is InChI=1S/C16H17ClFNO3S/c1-19(12-14-15(17)8-5-9-16(14)18)10-11-23(20,21)22-13-6-3-2-4-7-13/h2-9H,10-12H2,1H3. The summed E-state index contributed by atoms with van der Waals surface area (Å²) in [6.07, 6.45) is 0. The summed E-state index contributed by atoms with van der Waals surface area (Å²) in [4.78, 5) is 1.68. The van der Waals surface area contributed by atoms with Crippen LogP contribution in [0.4, 0.5) is 4.39 Å². The zero-order valence-electron chi connectivity index (χ0n) is 12.6. The molecular weight excluding hydrogens is 341 g/mol. The maximum absolute atomic E-state index is 13.7. The summed E-state index contributed by atoms with van der Waals surface area (Å²) in [6.45, 7) is 0.409. The quantitative estimate of drug-likeness (QED) is 0.713. The molecule has 2 aromatic carbocycles. The summed E-state index contributed by atoms with van der Waals surface area (Å²) in [7, 11) is -2.02. The second-order valence-electron chi connectivity index (χ2n) is 5.10. The lowest BCUT2D eigenvalue weighted by Crippen LogP contribution is -2.27. The third kappa shape index (κ3) is 5.49. The Kier molecular flexibility index (Phi) is 5.98. The molecule has 0 aliphatic heterocycles. The van der Waals surface area contributed by atoms with E-state index in [0.29, 0.717) is 10.6 Å². The Labute approximate surface area is 140 Å². The lowest BCUT2D eigenvalue weighted by Gasteiger charge is -2.18. The van der Waals surface area contributed by atoms with E-state index in [1.807, 2.05) is 0 Å². The average molecular weight is 358 g/mol. The normalized spacial score (nSPS) is 11.7. The molecule has 23 heavy (non-hydrogen) atoms. The minimum Gasteiger partial charge on any atom is -0.382 e. The van der Waals surface area contributed by atoms with E-state index in [1.165, 1.54) is 12.1 Å². The van der Waals surface area contributed by atoms with Crippen LogP contribution in [0.15, 0.2) is 48.5 Å². The topological polar surface area (TPSA) is 46.6 Å². The molecule has 2 aromatic rings. The van der Waals surface area contributed by atoms with Crippen molar-refractivity contribution in [3.05, 3.63) is 64.9 Å². The van der Waals surface area contributed by atoms with Gasteiger partial charge in [-0.1, -0.05) is 35.9 Å². The van der Waals surface area contributed by atoms with Gasteiger partial charge in [-0.05, 0) is 31.3 Å². The number of halogens is 2. The van der Waals surface area contributed by atoms with Gasteiger partial charge in [0.05, 0.1) is 5.75 Å². The maximum atomic E-state index is 13.7. The molecule has 0 spiro atoms. The van der Waals surface area contributed by atoms with Crippen LogP contribution in [0.2, 0.25) is 5.02 Å². The van der Waals surface area contributed by atoms with E-state index >= 15 is 0 Å². The Morgan fingerprint density at radius 3 is 2.48 bits per heavy atom. The summed E-state index contributed by atoms with van der Waals surface area (Å²) in [6, 6.07) is 12.7. The molecule has 0 saturated carbocycles. The fraction of sp³-hybridized carbons (Fsp3) is 0.250. The van der Waals surface area contributed by atoms with Crippen LogP contribution in [0.3, 0.4) is 0 Å². The minimum atomic E-state index is -3.71. The molecule has 0 N–H and O–H groups in total. The minimum absolute atomic E-state index is 0.194. The van der Waals surface area contributed by atoms with Crippen molar-refractivity contribution >= 4 is 21.7 Å². The maximum Gasteiger partial charge on any atom is 0.310 e. The first-order valence-electron chi connectivity index (χ1n) is 6.96. The van der Waals surface area contributed by atoms with Crippen molar-refractivity contribution in [2.75, 3.05) is 19.3 Å². The molecule has 0 aliphatic rings. The second-order valence-corrected chi connectivity index (χ2v) is 7.19. The van der Waals surface area contributed by atoms with Crippen LogP contribution in [0.5, 0.6) is 5.75 Å². The molecule has 4 nitrogen and oxygen atoms in total. The molecule has 0 bridgehead atoms. The zero-order chi connectivity index (χ0) is 16.9. The lowest BCUT2D eigenvalue weighted by molar-refractivity contribution is 0.336. The molecule has 7 heteroatoms. The van der Waals surface area contributed by atoms with Crippen LogP contribution in [-0.2, 0) is 16.7 Å². The molecule has 124 valence electrons. The Morgan fingerprint density at radius 1 is 1.13 bits per heavy atom. The molecule has 0 heterocycles. The van der Waals surface area contributed by atoms with Crippen LogP contribution in [0.25, 0.3) is 0 Å². The van der Waals surface area contributed by atoms with Crippen molar-refractivity contribution in [2.45, 2.75) is 6.54 Å². The summed E-state index contributed by atoms with van der Waals surface area (Å²) in [5.41, 5.74) is 0.345. The van der Waals surface area contributed by atoms with Crippen molar-refractivity contribution in [1.29, 1.82) is 0 Å². The fourth-order valence-electron chi connectivity index (χ4n) is 1.96. The van der Waals surface area contributed by atoms with E-state index in [2.05, 4.69) is 0 Å². The van der Waals surface area contributed by atoms with Crippen molar-refractivity contribution in [1.82, 2.24) is 4.90 Å². The number of nitrogens with zero attached hydrogens (tertiary/aromatic N) is 1. The Hall–Kier alpha value is -1.63. The van der Waals surface area contributed by atoms with Gasteiger partial charge in [0.2, 0.25) is 0 Å². The van der Waals surface area contributed by atoms with Gasteiger partial charge >= 0.3 is 10.1 Å². The highest BCUT2D eigenvalue weighted by Crippen LogP contribution is 2.20. The highest BCUT2D eigenvalue weighted by molar-refractivity contribution is 7.87. The number of hydrogen-bond acceptors (Lipinski definition) is 4. The van der Waals surface area contributed by atoms with Gasteiger partial charge in [-0.3, -0.25) is 0 Å². The smallest absolute Gasteiger partial charge is 0.310 e. The summed E-state index contributed by atoms with van der Waals surface area (Å²) in [5, 5.41) is 0.320. The van der Waals surface area contributed by atoms with E-state index < -0.39 is 15.9 Å². The van der Waals surface area contributed by atoms with E-state index in [-0.39, 0.29) is 24.6 Å². The van der Waals surface area contributed by atoms with E-state index in [0.717, 1.165) is 0 Å². The van der Waals surface area contributed by atoms with Gasteiger partial charge < -0.3 is 9.08 Å². The molecule has 0 saturated heterocycles. The SMILES string of the molecule is CN(CCS(=O)(=O)Oc1ccccc1)Cc1c(F)cccc1Cl. The van der Waals surface area contributed by atoms with E-state index in [9.17, 15) is 12.8 Å². The van der Waals surface area contributed by atoms with Gasteiger partial charge in [-0.25, -0.2) is 4.39 Å². The predicted octanol–water partition coefficient (Wildman–Crippen LogP) is 3.32. The van der Waals surface area contributed by atoms with Crippen LogP contribution in [-0.4, -0.2) is 32.7 Å². The Morgan fingerprint density at radius 2 is 1.83 bits per heavy atom. The third-order valence-electron chi connectivity index (χ3n) is 3.18. The van der Waals surface area contributed by atoms with Crippen molar-refractivity contribution < 1.29 is 17.0 Å². The average Bonchev–Trinajstić information content (AvgIpc) is 2.50. The van der Waals surface area contributed by atoms with Crippen molar-refractivity contribution in [3.63, 3.8) is 0 Å². The summed E-state index contributed by atoms with van der Waals surface area (Å²) >= 11 is 5.96. The number of rotatable bonds is 7. The van der Waals surface area contributed by atoms with Crippen LogP contribution in [0.1, 0.15) is 5.56 Å². The highest BCUT2D eigenvalue weighted by Gasteiger charge is 2.16. The molecule has 0 fully saturated rings. The summed E-state index contributed by atoms with van der Waals surface area (Å²) < 4.78 is 42.6. The third-order valence-corrected chi connectivity index (χ3v) is 4.66. The Balaban J connectivity index is 1.92. The number of benzene rings is 2. The van der Waals surface area contributed by atoms with E-state index in [4.69, 9.17) is 15.8 Å². The first-order chi connectivity index (χ1) is 10.9. The predicted molar refractivity (Wildman–Crippen MR) is 88.6 cm³/mol. The second kappa shape index (κ2) is 7.77. The highest BCUT2D eigenvalue weighted by atomic mass is 35.5. The van der Waals surface area contributed by atoms with Crippen LogP contribution in [0, 0.1) is 5.82 Å². The van der Waals surface area contributed by atoms with Gasteiger partial charge in [-0.15, -0.1) is 0 Å². The molecule has 0 atom stereocenters. The van der Waals surface area contributed by atoms with Crippen LogP contribution < -0.4 is 4.18 Å². The molecular formula is C16H17ClFNO3S. The zero-order valence-corrected chi connectivity index (χ0v) is 14.1. The van der Waals surface area contributed by atoms with Gasteiger partial charge in [0.1, 0.15) is 11.6 Å². The number of hydrogen-bond donors (Lipinski definition) is 0. The van der Waals surface area contributed by atoms with Crippen molar-refractivity contribution in [2.24, 2.45) is 0 Å². The lowest BCUT2D eigenvalue weighted by atomic mass is 10.2. The Bertz CT molecular complexity index is 733. The first kappa shape index (κ1) is 17.7. The molecule has 2 rings (SSSR count). The largest absolute Gasteiger partial charge is 0.382 e. The fourth-order valence-corrected chi connectivity index (χ4v) is 3.21. The van der Waals surface area contributed by atoms with Gasteiger partial charge in [0.15, 0.2) is 0 Å². The van der Waals surface area contributed by atoms with Gasteiger partial charge in [0, 0.05) is 23.7 Å². The van der Waals surface area contributed by atoms with Crippen molar-refractivity contribution in [3.8, 4) is 5.75 Å². The molecule has 0 unspecified atom stereocenters. The molecule has 0 aromatic heterocycles. The molecule has 0 amide bonds. The van der Waals surface area contributed by atoms with E-state index in [1.54, 1.807) is 48.3 Å². The first-order valence-corrected chi connectivity index (χ1v) is 8.91. The number of para-hydroxylation sites is 1. The molecule has 0 radical (unpaired) electrons.